The molecule has 0 aliphatic heterocycles. The van der Waals surface area contributed by atoms with Crippen LogP contribution in [0.15, 0.2) is 35.4 Å². The van der Waals surface area contributed by atoms with E-state index >= 15 is 0 Å². The van der Waals surface area contributed by atoms with Gasteiger partial charge < -0.3 is 5.32 Å². The zero-order valence-electron chi connectivity index (χ0n) is 15.2. The van der Waals surface area contributed by atoms with Gasteiger partial charge in [0.15, 0.2) is 0 Å². The molecule has 0 saturated carbocycles. The van der Waals surface area contributed by atoms with Crippen LogP contribution in [0.1, 0.15) is 42.7 Å². The molecule has 0 spiro atoms. The van der Waals surface area contributed by atoms with Crippen molar-refractivity contribution in [1.29, 1.82) is 5.26 Å². The Morgan fingerprint density at radius 2 is 2.23 bits per heavy atom. The molecule has 1 heterocycles. The molecule has 1 aliphatic carbocycles. The Hall–Kier alpha value is -2.32. The summed E-state index contributed by atoms with van der Waals surface area (Å²) >= 11 is 1.34. The average molecular weight is 366 g/mol. The first-order valence-electron chi connectivity index (χ1n) is 9.04. The van der Waals surface area contributed by atoms with Crippen molar-refractivity contribution in [2.24, 2.45) is 5.92 Å². The van der Waals surface area contributed by atoms with Crippen LogP contribution in [0.25, 0.3) is 0 Å². The van der Waals surface area contributed by atoms with Crippen molar-refractivity contribution in [3.05, 3.63) is 52.7 Å². The van der Waals surface area contributed by atoms with E-state index in [1.807, 2.05) is 30.3 Å². The van der Waals surface area contributed by atoms with E-state index in [9.17, 15) is 10.1 Å². The zero-order chi connectivity index (χ0) is 18.5. The van der Waals surface area contributed by atoms with E-state index < -0.39 is 0 Å². The van der Waals surface area contributed by atoms with Crippen LogP contribution in [0.2, 0.25) is 0 Å². The van der Waals surface area contributed by atoms with Crippen molar-refractivity contribution in [3.8, 4) is 6.07 Å². The van der Waals surface area contributed by atoms with Gasteiger partial charge in [0.25, 0.3) is 0 Å². The third kappa shape index (κ3) is 4.25. The average Bonchev–Trinajstić information content (AvgIpc) is 2.66. The highest BCUT2D eigenvalue weighted by Gasteiger charge is 2.20. The van der Waals surface area contributed by atoms with Gasteiger partial charge in [-0.2, -0.15) is 5.26 Å². The lowest BCUT2D eigenvalue weighted by atomic mass is 9.87. The third-order valence-electron chi connectivity index (χ3n) is 4.73. The van der Waals surface area contributed by atoms with E-state index in [1.165, 1.54) is 17.3 Å². The van der Waals surface area contributed by atoms with Crippen molar-refractivity contribution in [3.63, 3.8) is 0 Å². The van der Waals surface area contributed by atoms with Crippen molar-refractivity contribution in [2.45, 2.75) is 44.6 Å². The molecule has 1 aromatic carbocycles. The number of aryl methyl sites for hydroxylation is 2. The first-order valence-corrected chi connectivity index (χ1v) is 10.0. The molecule has 2 aromatic rings. The lowest BCUT2D eigenvalue weighted by Gasteiger charge is -2.21. The van der Waals surface area contributed by atoms with E-state index in [1.54, 1.807) is 0 Å². The third-order valence-corrected chi connectivity index (χ3v) is 5.72. The molecule has 1 aliphatic rings. The summed E-state index contributed by atoms with van der Waals surface area (Å²) in [4.78, 5) is 17.0. The van der Waals surface area contributed by atoms with Crippen molar-refractivity contribution < 1.29 is 4.79 Å². The number of hydrogen-bond acceptors (Lipinski definition) is 4. The second kappa shape index (κ2) is 8.37. The van der Waals surface area contributed by atoms with Gasteiger partial charge in [-0.25, -0.2) is 4.98 Å². The number of hydrogen-bond donors (Lipinski definition) is 1. The highest BCUT2D eigenvalue weighted by Crippen LogP contribution is 2.29. The first-order chi connectivity index (χ1) is 12.6. The number of pyridine rings is 1. The van der Waals surface area contributed by atoms with Crippen LogP contribution in [0.3, 0.4) is 0 Å². The predicted octanol–water partition coefficient (Wildman–Crippen LogP) is 4.37. The van der Waals surface area contributed by atoms with Gasteiger partial charge in [-0.3, -0.25) is 4.79 Å². The number of fused-ring (bicyclic) bond motifs is 1. The number of benzene rings is 1. The molecule has 26 heavy (non-hydrogen) atoms. The molecule has 1 amide bonds. The maximum absolute atomic E-state index is 12.3. The Morgan fingerprint density at radius 1 is 1.42 bits per heavy atom. The van der Waals surface area contributed by atoms with E-state index in [-0.39, 0.29) is 11.7 Å². The minimum absolute atomic E-state index is 0.0760. The van der Waals surface area contributed by atoms with Crippen molar-refractivity contribution >= 4 is 23.4 Å². The van der Waals surface area contributed by atoms with Gasteiger partial charge in [0, 0.05) is 11.4 Å². The summed E-state index contributed by atoms with van der Waals surface area (Å²) in [6.45, 7) is 4.30. The molecule has 5 heteroatoms. The number of nitrogens with one attached hydrogen (secondary N) is 1. The summed E-state index contributed by atoms with van der Waals surface area (Å²) in [7, 11) is 0. The Kier molecular flexibility index (Phi) is 5.95. The van der Waals surface area contributed by atoms with Crippen molar-refractivity contribution in [2.75, 3.05) is 11.1 Å². The standard InChI is InChI=1S/C21H23N3OS/c1-3-15-6-4-5-7-18(15)23-20(25)13-26-21-17(12-22)11-16-10-14(2)8-9-19(16)24-21/h4-7,11,14H,3,8-10,13H2,1-2H3,(H,23,25). The van der Waals surface area contributed by atoms with Crippen LogP contribution in [-0.2, 0) is 24.1 Å². The molecule has 4 nitrogen and oxygen atoms in total. The Bertz CT molecular complexity index is 857. The Morgan fingerprint density at radius 3 is 3.00 bits per heavy atom. The van der Waals surface area contributed by atoms with Gasteiger partial charge in [-0.05, 0) is 54.9 Å². The van der Waals surface area contributed by atoms with E-state index in [4.69, 9.17) is 4.98 Å². The van der Waals surface area contributed by atoms with Crippen LogP contribution < -0.4 is 5.32 Å². The molecule has 3 rings (SSSR count). The lowest BCUT2D eigenvalue weighted by Crippen LogP contribution is -2.16. The number of rotatable bonds is 5. The SMILES string of the molecule is CCc1ccccc1NC(=O)CSc1nc2c(cc1C#N)CC(C)CC2. The van der Waals surface area contributed by atoms with E-state index in [0.717, 1.165) is 42.6 Å². The summed E-state index contributed by atoms with van der Waals surface area (Å²) in [5.74, 6) is 0.807. The second-order valence-corrected chi connectivity index (χ2v) is 7.72. The smallest absolute Gasteiger partial charge is 0.234 e. The number of amides is 1. The molecule has 0 fully saturated rings. The number of nitriles is 1. The number of carbonyl (C=O) groups is 1. The zero-order valence-corrected chi connectivity index (χ0v) is 16.0. The largest absolute Gasteiger partial charge is 0.325 e. The number of nitrogens with zero attached hydrogens (tertiary/aromatic N) is 2. The molecule has 1 N–H and O–H groups in total. The Labute approximate surface area is 159 Å². The number of anilines is 1. The molecule has 1 aromatic heterocycles. The fourth-order valence-corrected chi connectivity index (χ4v) is 4.06. The van der Waals surface area contributed by atoms with Crippen LogP contribution >= 0.6 is 11.8 Å². The van der Waals surface area contributed by atoms with E-state index in [0.29, 0.717) is 16.5 Å². The first kappa shape index (κ1) is 18.5. The molecule has 0 bridgehead atoms. The minimum atomic E-state index is -0.0760. The van der Waals surface area contributed by atoms with Gasteiger partial charge in [0.1, 0.15) is 11.1 Å². The summed E-state index contributed by atoms with van der Waals surface area (Å²) < 4.78 is 0. The van der Waals surface area contributed by atoms with Gasteiger partial charge in [-0.15, -0.1) is 0 Å². The highest BCUT2D eigenvalue weighted by molar-refractivity contribution is 8.00. The molecule has 1 atom stereocenters. The van der Waals surface area contributed by atoms with Crippen LogP contribution in [0.5, 0.6) is 0 Å². The summed E-state index contributed by atoms with van der Waals surface area (Å²) in [5.41, 5.74) is 4.81. The topological polar surface area (TPSA) is 65.8 Å². The quantitative estimate of drug-likeness (QED) is 0.799. The maximum atomic E-state index is 12.3. The van der Waals surface area contributed by atoms with Gasteiger partial charge in [-0.1, -0.05) is 43.8 Å². The molecular weight excluding hydrogens is 342 g/mol. The minimum Gasteiger partial charge on any atom is -0.325 e. The number of carbonyl (C=O) groups excluding carboxylic acids is 1. The second-order valence-electron chi connectivity index (χ2n) is 6.75. The summed E-state index contributed by atoms with van der Waals surface area (Å²) in [5, 5.41) is 13.1. The fraction of sp³-hybridized carbons (Fsp3) is 0.381. The molecule has 1 unspecified atom stereocenters. The normalized spacial score (nSPS) is 15.8. The fourth-order valence-electron chi connectivity index (χ4n) is 3.29. The van der Waals surface area contributed by atoms with Crippen molar-refractivity contribution in [1.82, 2.24) is 4.98 Å². The Balaban J connectivity index is 1.69. The molecule has 134 valence electrons. The van der Waals surface area contributed by atoms with Crippen LogP contribution in [-0.4, -0.2) is 16.6 Å². The van der Waals surface area contributed by atoms with Gasteiger partial charge in [0.05, 0.1) is 11.3 Å². The van der Waals surface area contributed by atoms with E-state index in [2.05, 4.69) is 25.2 Å². The number of thioether (sulfide) groups is 1. The molecule has 0 radical (unpaired) electrons. The predicted molar refractivity (Wildman–Crippen MR) is 105 cm³/mol. The lowest BCUT2D eigenvalue weighted by molar-refractivity contribution is -0.113. The molecular formula is C21H23N3OS. The maximum Gasteiger partial charge on any atom is 0.234 e. The van der Waals surface area contributed by atoms with Crippen LogP contribution in [0.4, 0.5) is 5.69 Å². The number of aromatic nitrogens is 1. The molecule has 0 saturated heterocycles. The monoisotopic (exact) mass is 365 g/mol. The van der Waals surface area contributed by atoms with Crippen LogP contribution in [0, 0.1) is 17.2 Å². The highest BCUT2D eigenvalue weighted by atomic mass is 32.2. The van der Waals surface area contributed by atoms with Gasteiger partial charge >= 0.3 is 0 Å². The summed E-state index contributed by atoms with van der Waals surface area (Å²) in [6.07, 6.45) is 3.93. The summed E-state index contributed by atoms with van der Waals surface area (Å²) in [6, 6.07) is 12.0. The van der Waals surface area contributed by atoms with Gasteiger partial charge in [0.2, 0.25) is 5.91 Å². The number of para-hydroxylation sites is 1.